The number of aromatic nitrogens is 5. The second kappa shape index (κ2) is 5.49. The lowest BCUT2D eigenvalue weighted by Crippen LogP contribution is -2.01. The molecule has 0 bridgehead atoms. The first-order valence-corrected chi connectivity index (χ1v) is 7.55. The van der Waals surface area contributed by atoms with Crippen LogP contribution in [0.15, 0.2) is 12.3 Å². The average molecular weight is 321 g/mol. The highest BCUT2D eigenvalue weighted by Gasteiger charge is 2.20. The molecule has 3 rings (SSSR count). The molecular weight excluding hydrogens is 302 g/mol. The number of hydrogen-bond acceptors (Lipinski definition) is 5. The highest BCUT2D eigenvalue weighted by Crippen LogP contribution is 2.34. The van der Waals surface area contributed by atoms with Crippen molar-refractivity contribution < 1.29 is 0 Å². The molecule has 0 saturated carbocycles. The first-order chi connectivity index (χ1) is 11.3. The number of pyridine rings is 1. The number of nitriles is 1. The van der Waals surface area contributed by atoms with Gasteiger partial charge >= 0.3 is 0 Å². The summed E-state index contributed by atoms with van der Waals surface area (Å²) < 4.78 is 3.59. The maximum Gasteiger partial charge on any atom is 0.142 e. The molecule has 0 unspecified atom stereocenters. The maximum absolute atomic E-state index is 9.52. The van der Waals surface area contributed by atoms with E-state index in [9.17, 15) is 5.26 Å². The fourth-order valence-electron chi connectivity index (χ4n) is 2.93. The zero-order valence-corrected chi connectivity index (χ0v) is 14.4. The van der Waals surface area contributed by atoms with Gasteiger partial charge in [0.05, 0.1) is 17.6 Å². The summed E-state index contributed by atoms with van der Waals surface area (Å²) in [4.78, 5) is 4.45. The normalized spacial score (nSPS) is 10.8. The highest BCUT2D eigenvalue weighted by molar-refractivity contribution is 5.81. The number of nitrogens with zero attached hydrogens (tertiary/aromatic N) is 6. The summed E-state index contributed by atoms with van der Waals surface area (Å²) in [7, 11) is 3.76. The first-order valence-electron chi connectivity index (χ1n) is 7.55. The minimum absolute atomic E-state index is 0.218. The van der Waals surface area contributed by atoms with Gasteiger partial charge in [-0.05, 0) is 26.8 Å². The summed E-state index contributed by atoms with van der Waals surface area (Å²) in [5.41, 5.74) is 12.6. The average Bonchev–Trinajstić information content (AvgIpc) is 2.98. The molecule has 24 heavy (non-hydrogen) atoms. The van der Waals surface area contributed by atoms with Crippen molar-refractivity contribution in [1.29, 1.82) is 5.26 Å². The fourth-order valence-corrected chi connectivity index (χ4v) is 2.93. The molecule has 3 aromatic rings. The van der Waals surface area contributed by atoms with Gasteiger partial charge in [-0.1, -0.05) is 0 Å². The second-order valence-corrected chi connectivity index (χ2v) is 5.86. The van der Waals surface area contributed by atoms with Crippen molar-refractivity contribution in [3.8, 4) is 28.5 Å². The Balaban J connectivity index is 2.33. The van der Waals surface area contributed by atoms with Crippen LogP contribution in [0.5, 0.6) is 0 Å². The molecule has 0 aliphatic carbocycles. The Morgan fingerprint density at radius 1 is 1.08 bits per heavy atom. The minimum atomic E-state index is 0.218. The van der Waals surface area contributed by atoms with Crippen molar-refractivity contribution in [1.82, 2.24) is 24.5 Å². The van der Waals surface area contributed by atoms with E-state index in [0.29, 0.717) is 11.3 Å². The Morgan fingerprint density at radius 3 is 2.29 bits per heavy atom. The quantitative estimate of drug-likeness (QED) is 0.780. The van der Waals surface area contributed by atoms with Gasteiger partial charge in [-0.25, -0.2) is 4.98 Å². The number of nitrogens with two attached hydrogens (primary N) is 1. The Kier molecular flexibility index (Phi) is 3.60. The summed E-state index contributed by atoms with van der Waals surface area (Å²) >= 11 is 0. The molecule has 0 radical (unpaired) electrons. The van der Waals surface area contributed by atoms with Crippen molar-refractivity contribution in [3.05, 3.63) is 34.9 Å². The molecule has 122 valence electrons. The topological polar surface area (TPSA) is 98.3 Å². The zero-order chi connectivity index (χ0) is 17.6. The predicted molar refractivity (Wildman–Crippen MR) is 92.0 cm³/mol. The molecule has 7 heteroatoms. The smallest absolute Gasteiger partial charge is 0.142 e. The summed E-state index contributed by atoms with van der Waals surface area (Å²) in [6.07, 6.45) is 1.75. The number of aryl methyl sites for hydroxylation is 3. The number of hydrogen-bond donors (Lipinski definition) is 1. The van der Waals surface area contributed by atoms with Crippen LogP contribution >= 0.6 is 0 Å². The molecule has 2 N–H and O–H groups in total. The van der Waals surface area contributed by atoms with Gasteiger partial charge in [-0.3, -0.25) is 9.36 Å². The van der Waals surface area contributed by atoms with E-state index in [0.717, 1.165) is 33.8 Å². The third kappa shape index (κ3) is 2.24. The van der Waals surface area contributed by atoms with Crippen molar-refractivity contribution in [2.75, 3.05) is 5.73 Å². The van der Waals surface area contributed by atoms with Crippen molar-refractivity contribution in [2.45, 2.75) is 20.8 Å². The van der Waals surface area contributed by atoms with E-state index in [1.807, 2.05) is 45.6 Å². The molecule has 0 saturated heterocycles. The molecule has 0 aliphatic heterocycles. The molecule has 3 heterocycles. The van der Waals surface area contributed by atoms with Crippen molar-refractivity contribution >= 4 is 5.82 Å². The molecule has 0 aromatic carbocycles. The summed E-state index contributed by atoms with van der Waals surface area (Å²) in [5, 5.41) is 18.2. The van der Waals surface area contributed by atoms with Gasteiger partial charge in [0.25, 0.3) is 0 Å². The van der Waals surface area contributed by atoms with Crippen molar-refractivity contribution in [2.24, 2.45) is 14.1 Å². The Morgan fingerprint density at radius 2 is 1.79 bits per heavy atom. The van der Waals surface area contributed by atoms with E-state index in [-0.39, 0.29) is 5.82 Å². The van der Waals surface area contributed by atoms with Gasteiger partial charge in [-0.2, -0.15) is 15.5 Å². The predicted octanol–water partition coefficient (Wildman–Crippen LogP) is 2.26. The van der Waals surface area contributed by atoms with Crippen LogP contribution in [-0.4, -0.2) is 24.5 Å². The van der Waals surface area contributed by atoms with Gasteiger partial charge in [0.15, 0.2) is 0 Å². The van der Waals surface area contributed by atoms with E-state index < -0.39 is 0 Å². The number of rotatable bonds is 2. The zero-order valence-electron chi connectivity index (χ0n) is 14.4. The van der Waals surface area contributed by atoms with Gasteiger partial charge in [0.2, 0.25) is 0 Å². The van der Waals surface area contributed by atoms with E-state index in [1.54, 1.807) is 10.9 Å². The van der Waals surface area contributed by atoms with E-state index in [4.69, 9.17) is 5.73 Å². The van der Waals surface area contributed by atoms with Crippen LogP contribution in [-0.2, 0) is 14.1 Å². The monoisotopic (exact) mass is 321 g/mol. The van der Waals surface area contributed by atoms with Crippen LogP contribution in [0.1, 0.15) is 22.6 Å². The highest BCUT2D eigenvalue weighted by atomic mass is 15.3. The van der Waals surface area contributed by atoms with Crippen LogP contribution in [0.3, 0.4) is 0 Å². The lowest BCUT2D eigenvalue weighted by atomic mass is 9.98. The molecular formula is C17H19N7. The van der Waals surface area contributed by atoms with Gasteiger partial charge in [0.1, 0.15) is 17.5 Å². The van der Waals surface area contributed by atoms with Crippen LogP contribution in [0, 0.1) is 32.1 Å². The summed E-state index contributed by atoms with van der Waals surface area (Å²) in [6.45, 7) is 5.88. The first kappa shape index (κ1) is 15.7. The van der Waals surface area contributed by atoms with Crippen LogP contribution in [0.4, 0.5) is 5.82 Å². The van der Waals surface area contributed by atoms with Crippen molar-refractivity contribution in [3.63, 3.8) is 0 Å². The lowest BCUT2D eigenvalue weighted by molar-refractivity contribution is 0.731. The minimum Gasteiger partial charge on any atom is -0.383 e. The number of anilines is 1. The SMILES string of the molecule is Cc1nn(C)c(C)c1-c1cc(-c2cnn(C)c2C)c(C#N)c(N)n1. The molecule has 0 fully saturated rings. The Labute approximate surface area is 140 Å². The molecule has 7 nitrogen and oxygen atoms in total. The third-order valence-corrected chi connectivity index (χ3v) is 4.45. The molecule has 0 atom stereocenters. The van der Waals surface area contributed by atoms with Crippen LogP contribution in [0.25, 0.3) is 22.4 Å². The summed E-state index contributed by atoms with van der Waals surface area (Å²) in [5.74, 6) is 0.218. The standard InChI is InChI=1S/C17H19N7/c1-9-16(11(3)24(5)22-9)15-6-12(13(7-18)17(19)21-15)14-8-20-23(4)10(14)2/h6,8H,1-5H3,(H2,19,21). The second-order valence-electron chi connectivity index (χ2n) is 5.86. The Hall–Kier alpha value is -3.14. The fraction of sp³-hybridized carbons (Fsp3) is 0.294. The number of nitrogen functional groups attached to an aromatic ring is 1. The third-order valence-electron chi connectivity index (χ3n) is 4.45. The van der Waals surface area contributed by atoms with Crippen LogP contribution < -0.4 is 5.73 Å². The van der Waals surface area contributed by atoms with E-state index in [2.05, 4.69) is 21.3 Å². The van der Waals surface area contributed by atoms with Gasteiger partial charge < -0.3 is 5.73 Å². The molecule has 0 amide bonds. The lowest BCUT2D eigenvalue weighted by Gasteiger charge is -2.10. The maximum atomic E-state index is 9.52. The molecule has 0 spiro atoms. The van der Waals surface area contributed by atoms with E-state index in [1.165, 1.54) is 0 Å². The Bertz CT molecular complexity index is 986. The van der Waals surface area contributed by atoms with Crippen LogP contribution in [0.2, 0.25) is 0 Å². The summed E-state index contributed by atoms with van der Waals surface area (Å²) in [6, 6.07) is 4.07. The largest absolute Gasteiger partial charge is 0.383 e. The molecule has 0 aliphatic rings. The van der Waals surface area contributed by atoms with E-state index >= 15 is 0 Å². The van der Waals surface area contributed by atoms with Gasteiger partial charge in [0, 0.05) is 42.2 Å². The van der Waals surface area contributed by atoms with Gasteiger partial charge in [-0.15, -0.1) is 0 Å². The molecule has 3 aromatic heterocycles.